The van der Waals surface area contributed by atoms with Crippen LogP contribution in [0.5, 0.6) is 0 Å². The second kappa shape index (κ2) is 38.6. The molecular weight excluding hydrogens is 769 g/mol. The Morgan fingerprint density at radius 3 is 1.49 bits per heavy atom. The molecule has 1 aromatic heterocycles. The van der Waals surface area contributed by atoms with Crippen LogP contribution in [0.1, 0.15) is 224 Å². The molecule has 0 aliphatic carbocycles. The topological polar surface area (TPSA) is 127 Å². The van der Waals surface area contributed by atoms with Gasteiger partial charge < -0.3 is 29.3 Å². The lowest BCUT2D eigenvalue weighted by Gasteiger charge is -2.24. The molecule has 0 fully saturated rings. The molecule has 0 saturated carbocycles. The fourth-order valence-electron chi connectivity index (χ4n) is 7.36. The highest BCUT2D eigenvalue weighted by Gasteiger charge is 2.29. The molecule has 61 heavy (non-hydrogen) atoms. The third-order valence-corrected chi connectivity index (χ3v) is 11.3. The molecule has 2 atom stereocenters. The summed E-state index contributed by atoms with van der Waals surface area (Å²) in [5.74, 6) is -1.63. The molecular formula is C50H90N4O7. The van der Waals surface area contributed by atoms with Crippen LogP contribution in [0.15, 0.2) is 18.3 Å². The monoisotopic (exact) mass is 859 g/mol. The van der Waals surface area contributed by atoms with Crippen molar-refractivity contribution in [2.24, 2.45) is 0 Å². The van der Waals surface area contributed by atoms with Crippen molar-refractivity contribution >= 4 is 23.8 Å². The number of hydrogen-bond acceptors (Lipinski definition) is 10. The Morgan fingerprint density at radius 1 is 0.607 bits per heavy atom. The number of hydrogen-bond donors (Lipinski definition) is 1. The van der Waals surface area contributed by atoms with E-state index in [1.165, 1.54) is 134 Å². The van der Waals surface area contributed by atoms with Crippen molar-refractivity contribution in [2.45, 2.75) is 226 Å². The summed E-state index contributed by atoms with van der Waals surface area (Å²) in [6.45, 7) is 10.5. The summed E-state index contributed by atoms with van der Waals surface area (Å²) < 4.78 is 17.1. The Labute approximate surface area is 372 Å². The lowest BCUT2D eigenvalue weighted by molar-refractivity contribution is -0.197. The molecule has 0 bridgehead atoms. The normalized spacial score (nSPS) is 12.3. The van der Waals surface area contributed by atoms with Crippen molar-refractivity contribution in [3.63, 3.8) is 0 Å². The van der Waals surface area contributed by atoms with E-state index in [1.807, 2.05) is 25.9 Å². The standard InChI is InChI=1S/C50H90N4O7/c1-7-10-12-14-16-18-20-22-24-26-28-30-32-34-47(56)59-43(4)50(60-48(57)35-33-31-29-27-25-23-21-19-17-15-13-11-8-2)61-49(58)44-36-37-52-45(40-44)41-51-42-46(55)54(9-3)39-38-53(5)6/h36-37,40,43,50-51H,7-35,38-39,41-42H2,1-6H3. The van der Waals surface area contributed by atoms with Crippen LogP contribution in [0.25, 0.3) is 0 Å². The first-order chi connectivity index (χ1) is 29.6. The molecule has 0 aromatic carbocycles. The van der Waals surface area contributed by atoms with Crippen LogP contribution in [0, 0.1) is 0 Å². The van der Waals surface area contributed by atoms with Gasteiger partial charge in [-0.1, -0.05) is 168 Å². The first kappa shape index (κ1) is 56.0. The largest absolute Gasteiger partial charge is 0.455 e. The van der Waals surface area contributed by atoms with E-state index in [0.717, 1.165) is 45.1 Å². The predicted molar refractivity (Wildman–Crippen MR) is 248 cm³/mol. The number of likely N-dealkylation sites (N-methyl/N-ethyl adjacent to an activating group) is 2. The molecule has 1 amide bonds. The van der Waals surface area contributed by atoms with E-state index < -0.39 is 30.3 Å². The van der Waals surface area contributed by atoms with Crippen LogP contribution in [0.3, 0.4) is 0 Å². The molecule has 352 valence electrons. The number of carbonyl (C=O) groups is 4. The van der Waals surface area contributed by atoms with Crippen molar-refractivity contribution in [3.8, 4) is 0 Å². The van der Waals surface area contributed by atoms with Crippen LogP contribution >= 0.6 is 0 Å². The minimum absolute atomic E-state index is 0.0130. The Balaban J connectivity index is 2.65. The van der Waals surface area contributed by atoms with E-state index in [0.29, 0.717) is 25.2 Å². The third-order valence-electron chi connectivity index (χ3n) is 11.3. The van der Waals surface area contributed by atoms with Crippen molar-refractivity contribution < 1.29 is 33.4 Å². The first-order valence-electron chi connectivity index (χ1n) is 24.8. The number of amides is 1. The molecule has 0 radical (unpaired) electrons. The number of esters is 3. The smallest absolute Gasteiger partial charge is 0.341 e. The van der Waals surface area contributed by atoms with E-state index in [2.05, 4.69) is 24.1 Å². The lowest BCUT2D eigenvalue weighted by atomic mass is 10.0. The molecule has 11 heteroatoms. The Morgan fingerprint density at radius 2 is 1.05 bits per heavy atom. The summed E-state index contributed by atoms with van der Waals surface area (Å²) in [6, 6.07) is 3.11. The van der Waals surface area contributed by atoms with Crippen molar-refractivity contribution in [3.05, 3.63) is 29.6 Å². The SMILES string of the molecule is CCCCCCCCCCCCCCCC(=O)OC(C)C(OC(=O)CCCCCCCCCCCCCCC)OC(=O)c1ccnc(CNCC(=O)N(CC)CCN(C)C)c1. The highest BCUT2D eigenvalue weighted by Crippen LogP contribution is 2.18. The van der Waals surface area contributed by atoms with Gasteiger partial charge in [0.2, 0.25) is 5.91 Å². The average Bonchev–Trinajstić information content (AvgIpc) is 3.24. The fraction of sp³-hybridized carbons (Fsp3) is 0.820. The van der Waals surface area contributed by atoms with E-state index >= 15 is 0 Å². The lowest BCUT2D eigenvalue weighted by Crippen LogP contribution is -2.41. The van der Waals surface area contributed by atoms with Crippen molar-refractivity contribution in [2.75, 3.05) is 40.3 Å². The molecule has 0 spiro atoms. The predicted octanol–water partition coefficient (Wildman–Crippen LogP) is 11.5. The summed E-state index contributed by atoms with van der Waals surface area (Å²) in [5.41, 5.74) is 0.758. The number of aromatic nitrogens is 1. The molecule has 0 aliphatic heterocycles. The number of nitrogens with one attached hydrogen (secondary N) is 1. The number of unbranched alkanes of at least 4 members (excludes halogenated alkanes) is 24. The average molecular weight is 859 g/mol. The van der Waals surface area contributed by atoms with Crippen LogP contribution in [-0.4, -0.2) is 91.3 Å². The summed E-state index contributed by atoms with van der Waals surface area (Å²) in [7, 11) is 3.95. The van der Waals surface area contributed by atoms with Gasteiger partial charge >= 0.3 is 17.9 Å². The van der Waals surface area contributed by atoms with Gasteiger partial charge in [-0.15, -0.1) is 0 Å². The van der Waals surface area contributed by atoms with Gasteiger partial charge in [-0.3, -0.25) is 19.4 Å². The third kappa shape index (κ3) is 31.4. The minimum Gasteiger partial charge on any atom is -0.455 e. The van der Waals surface area contributed by atoms with Gasteiger partial charge in [0.1, 0.15) is 0 Å². The maximum absolute atomic E-state index is 13.4. The quantitative estimate of drug-likeness (QED) is 0.0386. The zero-order valence-electron chi connectivity index (χ0n) is 39.9. The molecule has 1 aromatic rings. The van der Waals surface area contributed by atoms with E-state index in [-0.39, 0.29) is 37.4 Å². The van der Waals surface area contributed by atoms with E-state index in [9.17, 15) is 19.2 Å². The number of ether oxygens (including phenoxy) is 3. The molecule has 1 heterocycles. The van der Waals surface area contributed by atoms with Gasteiger partial charge in [-0.25, -0.2) is 4.79 Å². The molecule has 1 rings (SSSR count). The number of carbonyl (C=O) groups excluding carboxylic acids is 4. The van der Waals surface area contributed by atoms with Gasteiger partial charge in [-0.05, 0) is 52.9 Å². The molecule has 0 aliphatic rings. The summed E-state index contributed by atoms with van der Waals surface area (Å²) >= 11 is 0. The molecule has 0 saturated heterocycles. The second-order valence-electron chi connectivity index (χ2n) is 17.4. The zero-order chi connectivity index (χ0) is 44.8. The van der Waals surface area contributed by atoms with Gasteiger partial charge in [0, 0.05) is 45.2 Å². The Kier molecular flexibility index (Phi) is 35.4. The summed E-state index contributed by atoms with van der Waals surface area (Å²) in [4.78, 5) is 60.3. The molecule has 1 N–H and O–H groups in total. The molecule has 2 unspecified atom stereocenters. The van der Waals surface area contributed by atoms with Crippen LogP contribution in [-0.2, 0) is 35.1 Å². The van der Waals surface area contributed by atoms with Crippen LogP contribution in [0.4, 0.5) is 0 Å². The van der Waals surface area contributed by atoms with Gasteiger partial charge in [-0.2, -0.15) is 0 Å². The minimum atomic E-state index is -1.40. The number of rotatable bonds is 41. The highest BCUT2D eigenvalue weighted by molar-refractivity contribution is 5.89. The maximum Gasteiger partial charge on any atom is 0.341 e. The maximum atomic E-state index is 13.4. The number of nitrogens with zero attached hydrogens (tertiary/aromatic N) is 3. The zero-order valence-corrected chi connectivity index (χ0v) is 39.9. The highest BCUT2D eigenvalue weighted by atomic mass is 16.7. The van der Waals surface area contributed by atoms with Crippen LogP contribution < -0.4 is 5.32 Å². The fourth-order valence-corrected chi connectivity index (χ4v) is 7.36. The Hall–Kier alpha value is -3.05. The Bertz CT molecular complexity index is 1260. The van der Waals surface area contributed by atoms with Gasteiger partial charge in [0.25, 0.3) is 6.29 Å². The van der Waals surface area contributed by atoms with Gasteiger partial charge in [0.05, 0.1) is 17.8 Å². The summed E-state index contributed by atoms with van der Waals surface area (Å²) in [5, 5.41) is 3.13. The van der Waals surface area contributed by atoms with Crippen LogP contribution in [0.2, 0.25) is 0 Å². The van der Waals surface area contributed by atoms with E-state index in [1.54, 1.807) is 17.9 Å². The summed E-state index contributed by atoms with van der Waals surface area (Å²) in [6.07, 6.45) is 31.0. The van der Waals surface area contributed by atoms with Crippen molar-refractivity contribution in [1.29, 1.82) is 0 Å². The van der Waals surface area contributed by atoms with Gasteiger partial charge in [0.15, 0.2) is 6.10 Å². The van der Waals surface area contributed by atoms with Crippen molar-refractivity contribution in [1.82, 2.24) is 20.1 Å². The first-order valence-corrected chi connectivity index (χ1v) is 24.8. The molecule has 11 nitrogen and oxygen atoms in total. The number of pyridine rings is 1. The second-order valence-corrected chi connectivity index (χ2v) is 17.4. The van der Waals surface area contributed by atoms with E-state index in [4.69, 9.17) is 14.2 Å².